The number of rotatable bonds is 7. The maximum Gasteiger partial charge on any atom is 0.242 e. The molecule has 1 unspecified atom stereocenters. The average Bonchev–Trinajstić information content (AvgIpc) is 2.37. The third-order valence-electron chi connectivity index (χ3n) is 2.96. The van der Waals surface area contributed by atoms with E-state index < -0.39 is 10.0 Å². The molecule has 1 aromatic carbocycles. The summed E-state index contributed by atoms with van der Waals surface area (Å²) in [6.07, 6.45) is 2.49. The number of hydrogen-bond acceptors (Lipinski definition) is 4. The molecule has 0 saturated carbocycles. The molecule has 0 spiro atoms. The van der Waals surface area contributed by atoms with Crippen molar-refractivity contribution in [3.63, 3.8) is 0 Å². The van der Waals surface area contributed by atoms with E-state index in [9.17, 15) is 8.42 Å². The van der Waals surface area contributed by atoms with Gasteiger partial charge in [0, 0.05) is 12.1 Å². The van der Waals surface area contributed by atoms with Crippen LogP contribution < -0.4 is 15.2 Å². The summed E-state index contributed by atoms with van der Waals surface area (Å²) in [5.74, 6) is 0.539. The van der Waals surface area contributed by atoms with Crippen LogP contribution in [0.15, 0.2) is 23.1 Å². The highest BCUT2D eigenvalue weighted by Crippen LogP contribution is 2.24. The van der Waals surface area contributed by atoms with E-state index >= 15 is 0 Å². The summed E-state index contributed by atoms with van der Waals surface area (Å²) >= 11 is 0. The monoisotopic (exact) mass is 286 g/mol. The second-order valence-electron chi connectivity index (χ2n) is 4.42. The topological polar surface area (TPSA) is 81.4 Å². The Balaban J connectivity index is 3.00. The molecule has 6 heteroatoms. The number of nitrogens with two attached hydrogens (primary N) is 1. The standard InChI is InChI=1S/C13H22N2O3S/c1-4-6-10(5-2)15-19(16,17)13-8-7-11(18-3)9-12(13)14/h7-10,15H,4-6,14H2,1-3H3. The van der Waals surface area contributed by atoms with Crippen LogP contribution >= 0.6 is 0 Å². The number of nitrogen functional groups attached to an aromatic ring is 1. The predicted molar refractivity (Wildman–Crippen MR) is 76.7 cm³/mol. The zero-order chi connectivity index (χ0) is 14.5. The van der Waals surface area contributed by atoms with Crippen molar-refractivity contribution in [3.8, 4) is 5.75 Å². The molecular formula is C13H22N2O3S. The Bertz CT molecular complexity index is 515. The van der Waals surface area contributed by atoms with Crippen molar-refractivity contribution in [2.75, 3.05) is 12.8 Å². The predicted octanol–water partition coefficient (Wildman–Crippen LogP) is 2.13. The van der Waals surface area contributed by atoms with Crippen molar-refractivity contribution >= 4 is 15.7 Å². The molecule has 108 valence electrons. The van der Waals surface area contributed by atoms with Crippen LogP contribution in [-0.4, -0.2) is 21.6 Å². The molecule has 3 N–H and O–H groups in total. The van der Waals surface area contributed by atoms with Crippen molar-refractivity contribution < 1.29 is 13.2 Å². The van der Waals surface area contributed by atoms with Gasteiger partial charge in [0.05, 0.1) is 12.8 Å². The molecule has 0 radical (unpaired) electrons. The van der Waals surface area contributed by atoms with Gasteiger partial charge in [-0.15, -0.1) is 0 Å². The molecule has 1 atom stereocenters. The molecule has 0 aliphatic rings. The molecule has 0 heterocycles. The van der Waals surface area contributed by atoms with E-state index in [1.54, 1.807) is 6.07 Å². The summed E-state index contributed by atoms with van der Waals surface area (Å²) < 4.78 is 32.2. The van der Waals surface area contributed by atoms with Crippen LogP contribution in [0.2, 0.25) is 0 Å². The fourth-order valence-electron chi connectivity index (χ4n) is 1.88. The van der Waals surface area contributed by atoms with Gasteiger partial charge >= 0.3 is 0 Å². The first kappa shape index (κ1) is 15.8. The quantitative estimate of drug-likeness (QED) is 0.752. The zero-order valence-electron chi connectivity index (χ0n) is 11.6. The Hall–Kier alpha value is -1.27. The van der Waals surface area contributed by atoms with Crippen LogP contribution in [0, 0.1) is 0 Å². The smallest absolute Gasteiger partial charge is 0.242 e. The van der Waals surface area contributed by atoms with Crippen LogP contribution in [0.5, 0.6) is 5.75 Å². The highest BCUT2D eigenvalue weighted by Gasteiger charge is 2.21. The van der Waals surface area contributed by atoms with Gasteiger partial charge in [-0.3, -0.25) is 0 Å². The SMILES string of the molecule is CCCC(CC)NS(=O)(=O)c1ccc(OC)cc1N. The molecule has 0 aliphatic heterocycles. The molecule has 0 saturated heterocycles. The summed E-state index contributed by atoms with van der Waals surface area (Å²) in [4.78, 5) is 0.0999. The van der Waals surface area contributed by atoms with Crippen molar-refractivity contribution in [3.05, 3.63) is 18.2 Å². The number of methoxy groups -OCH3 is 1. The van der Waals surface area contributed by atoms with Crippen molar-refractivity contribution in [2.45, 2.75) is 44.0 Å². The first-order valence-corrected chi connectivity index (χ1v) is 7.88. The van der Waals surface area contributed by atoms with Crippen molar-refractivity contribution in [1.29, 1.82) is 0 Å². The molecule has 0 fully saturated rings. The Morgan fingerprint density at radius 3 is 2.53 bits per heavy atom. The van der Waals surface area contributed by atoms with Crippen LogP contribution in [0.1, 0.15) is 33.1 Å². The lowest BCUT2D eigenvalue weighted by atomic mass is 10.1. The van der Waals surface area contributed by atoms with Crippen molar-refractivity contribution in [1.82, 2.24) is 4.72 Å². The molecule has 0 amide bonds. The molecule has 0 aromatic heterocycles. The number of nitrogens with one attached hydrogen (secondary N) is 1. The Labute approximate surface area is 115 Å². The van der Waals surface area contributed by atoms with E-state index in [0.29, 0.717) is 5.75 Å². The summed E-state index contributed by atoms with van der Waals surface area (Å²) in [7, 11) is -2.07. The fourth-order valence-corrected chi connectivity index (χ4v) is 3.34. The third kappa shape index (κ3) is 4.11. The van der Waals surface area contributed by atoms with Gasteiger partial charge in [0.15, 0.2) is 0 Å². The molecule has 0 aliphatic carbocycles. The first-order chi connectivity index (χ1) is 8.94. The molecule has 0 bridgehead atoms. The Morgan fingerprint density at radius 2 is 2.05 bits per heavy atom. The normalized spacial score (nSPS) is 13.2. The van der Waals surface area contributed by atoms with Crippen molar-refractivity contribution in [2.24, 2.45) is 0 Å². The summed E-state index contributed by atoms with van der Waals surface area (Å²) in [5, 5.41) is 0. The molecular weight excluding hydrogens is 264 g/mol. The van der Waals surface area contributed by atoms with Gasteiger partial charge in [-0.1, -0.05) is 20.3 Å². The first-order valence-electron chi connectivity index (χ1n) is 6.40. The highest BCUT2D eigenvalue weighted by molar-refractivity contribution is 7.89. The van der Waals surface area contributed by atoms with E-state index in [1.165, 1.54) is 19.2 Å². The van der Waals surface area contributed by atoms with Gasteiger partial charge in [0.25, 0.3) is 0 Å². The van der Waals surface area contributed by atoms with Crippen LogP contribution in [0.25, 0.3) is 0 Å². The second kappa shape index (κ2) is 6.77. The van der Waals surface area contributed by atoms with Gasteiger partial charge < -0.3 is 10.5 Å². The van der Waals surface area contributed by atoms with Gasteiger partial charge in [0.2, 0.25) is 10.0 Å². The van der Waals surface area contributed by atoms with Crippen LogP contribution in [0.4, 0.5) is 5.69 Å². The lowest BCUT2D eigenvalue weighted by Gasteiger charge is -2.17. The second-order valence-corrected chi connectivity index (χ2v) is 6.10. The zero-order valence-corrected chi connectivity index (χ0v) is 12.5. The largest absolute Gasteiger partial charge is 0.497 e. The van der Waals surface area contributed by atoms with E-state index in [1.807, 2.05) is 13.8 Å². The highest BCUT2D eigenvalue weighted by atomic mass is 32.2. The minimum Gasteiger partial charge on any atom is -0.497 e. The summed E-state index contributed by atoms with van der Waals surface area (Å²) in [5.41, 5.74) is 5.97. The molecule has 1 aromatic rings. The maximum atomic E-state index is 12.3. The third-order valence-corrected chi connectivity index (χ3v) is 4.55. The number of anilines is 1. The maximum absolute atomic E-state index is 12.3. The lowest BCUT2D eigenvalue weighted by molar-refractivity contribution is 0.414. The van der Waals surface area contributed by atoms with E-state index in [4.69, 9.17) is 10.5 Å². The molecule has 5 nitrogen and oxygen atoms in total. The average molecular weight is 286 g/mol. The molecule has 19 heavy (non-hydrogen) atoms. The fraction of sp³-hybridized carbons (Fsp3) is 0.538. The summed E-state index contributed by atoms with van der Waals surface area (Å²) in [6, 6.07) is 4.51. The number of ether oxygens (including phenoxy) is 1. The minimum absolute atomic E-state index is 0.0588. The number of sulfonamides is 1. The van der Waals surface area contributed by atoms with Gasteiger partial charge in [-0.25, -0.2) is 13.1 Å². The molecule has 1 rings (SSSR count). The van der Waals surface area contributed by atoms with Crippen LogP contribution in [-0.2, 0) is 10.0 Å². The van der Waals surface area contributed by atoms with Gasteiger partial charge in [-0.05, 0) is 25.0 Å². The minimum atomic E-state index is -3.58. The van der Waals surface area contributed by atoms with Gasteiger partial charge in [0.1, 0.15) is 10.6 Å². The van der Waals surface area contributed by atoms with Gasteiger partial charge in [-0.2, -0.15) is 0 Å². The van der Waals surface area contributed by atoms with Crippen LogP contribution in [0.3, 0.4) is 0 Å². The lowest BCUT2D eigenvalue weighted by Crippen LogP contribution is -2.34. The van der Waals surface area contributed by atoms with E-state index in [2.05, 4.69) is 4.72 Å². The van der Waals surface area contributed by atoms with E-state index in [-0.39, 0.29) is 16.6 Å². The number of hydrogen-bond donors (Lipinski definition) is 2. The number of benzene rings is 1. The van der Waals surface area contributed by atoms with E-state index in [0.717, 1.165) is 19.3 Å². The Kier molecular flexibility index (Phi) is 5.62. The Morgan fingerprint density at radius 1 is 1.37 bits per heavy atom. The summed E-state index contributed by atoms with van der Waals surface area (Å²) in [6.45, 7) is 3.99.